The van der Waals surface area contributed by atoms with Gasteiger partial charge >= 0.3 is 5.97 Å². The first-order chi connectivity index (χ1) is 8.72. The molecule has 0 bridgehead atoms. The summed E-state index contributed by atoms with van der Waals surface area (Å²) in [6.07, 6.45) is 2.40. The van der Waals surface area contributed by atoms with Gasteiger partial charge in [-0.25, -0.2) is 4.79 Å². The Morgan fingerprint density at radius 3 is 2.89 bits per heavy atom. The zero-order valence-electron chi connectivity index (χ0n) is 10.8. The normalized spacial score (nSPS) is 22.1. The van der Waals surface area contributed by atoms with Crippen LogP contribution in [-0.4, -0.2) is 31.8 Å². The van der Waals surface area contributed by atoms with Crippen molar-refractivity contribution in [2.75, 3.05) is 19.0 Å². The van der Waals surface area contributed by atoms with Gasteiger partial charge in [-0.15, -0.1) is 0 Å². The van der Waals surface area contributed by atoms with Crippen molar-refractivity contribution >= 4 is 11.7 Å². The first-order valence-corrected chi connectivity index (χ1v) is 6.29. The van der Waals surface area contributed by atoms with Crippen LogP contribution < -0.4 is 5.32 Å². The highest BCUT2D eigenvalue weighted by molar-refractivity contribution is 5.90. The summed E-state index contributed by atoms with van der Waals surface area (Å²) in [5.74, 6) is -0.274. The fourth-order valence-corrected chi connectivity index (χ4v) is 2.06. The summed E-state index contributed by atoms with van der Waals surface area (Å²) in [7, 11) is 1.74. The second-order valence-electron chi connectivity index (χ2n) is 4.47. The van der Waals surface area contributed by atoms with Crippen LogP contribution in [0.1, 0.15) is 30.1 Å². The highest BCUT2D eigenvalue weighted by atomic mass is 16.5. The number of methoxy groups -OCH3 is 1. The molecule has 0 aromatic heterocycles. The third-order valence-electron chi connectivity index (χ3n) is 3.17. The number of benzene rings is 1. The van der Waals surface area contributed by atoms with Crippen molar-refractivity contribution in [2.45, 2.75) is 31.9 Å². The van der Waals surface area contributed by atoms with Crippen molar-refractivity contribution in [2.24, 2.45) is 0 Å². The van der Waals surface area contributed by atoms with Crippen molar-refractivity contribution in [3.8, 4) is 0 Å². The molecule has 1 aromatic rings. The van der Waals surface area contributed by atoms with Gasteiger partial charge in [-0.1, -0.05) is 6.07 Å². The Morgan fingerprint density at radius 1 is 1.44 bits per heavy atom. The van der Waals surface area contributed by atoms with Crippen LogP contribution in [0.4, 0.5) is 5.69 Å². The summed E-state index contributed by atoms with van der Waals surface area (Å²) in [6.45, 7) is 2.20. The minimum absolute atomic E-state index is 0.274. The fraction of sp³-hybridized carbons (Fsp3) is 0.500. The third kappa shape index (κ3) is 3.01. The van der Waals surface area contributed by atoms with E-state index in [1.807, 2.05) is 18.2 Å². The number of esters is 1. The van der Waals surface area contributed by atoms with E-state index in [1.54, 1.807) is 20.1 Å². The molecule has 4 nitrogen and oxygen atoms in total. The Kier molecular flexibility index (Phi) is 4.20. The van der Waals surface area contributed by atoms with E-state index in [0.29, 0.717) is 24.3 Å². The third-order valence-corrected chi connectivity index (χ3v) is 3.17. The molecule has 1 saturated carbocycles. The molecule has 4 heteroatoms. The molecule has 1 N–H and O–H groups in total. The van der Waals surface area contributed by atoms with Crippen LogP contribution in [0.3, 0.4) is 0 Å². The van der Waals surface area contributed by atoms with E-state index in [2.05, 4.69) is 5.32 Å². The molecule has 0 radical (unpaired) electrons. The molecule has 2 rings (SSSR count). The van der Waals surface area contributed by atoms with Gasteiger partial charge in [0.25, 0.3) is 0 Å². The maximum atomic E-state index is 11.6. The molecule has 0 heterocycles. The molecule has 0 spiro atoms. The average molecular weight is 249 g/mol. The lowest BCUT2D eigenvalue weighted by Gasteiger charge is -2.35. The van der Waals surface area contributed by atoms with Gasteiger partial charge in [0.15, 0.2) is 0 Å². The molecule has 1 aliphatic rings. The van der Waals surface area contributed by atoms with Crippen LogP contribution in [0, 0.1) is 0 Å². The average Bonchev–Trinajstić information content (AvgIpc) is 2.34. The van der Waals surface area contributed by atoms with Gasteiger partial charge in [0.1, 0.15) is 0 Å². The lowest BCUT2D eigenvalue weighted by Crippen LogP contribution is -2.40. The van der Waals surface area contributed by atoms with Gasteiger partial charge in [-0.3, -0.25) is 0 Å². The summed E-state index contributed by atoms with van der Waals surface area (Å²) >= 11 is 0. The molecule has 0 unspecified atom stereocenters. The van der Waals surface area contributed by atoms with Crippen LogP contribution in [0.5, 0.6) is 0 Å². The molecule has 1 fully saturated rings. The van der Waals surface area contributed by atoms with E-state index in [0.717, 1.165) is 18.5 Å². The van der Waals surface area contributed by atoms with Crippen LogP contribution in [0.25, 0.3) is 0 Å². The molecule has 0 saturated heterocycles. The standard InChI is InChI=1S/C14H19NO3/c1-3-18-14(16)10-5-4-6-11(7-10)15-12-8-13(9-12)17-2/h4-7,12-13,15H,3,8-9H2,1-2H3. The Hall–Kier alpha value is -1.55. The Bertz CT molecular complexity index is 413. The number of hydrogen-bond donors (Lipinski definition) is 1. The molecule has 98 valence electrons. The van der Waals surface area contributed by atoms with E-state index in [1.165, 1.54) is 0 Å². The van der Waals surface area contributed by atoms with Crippen molar-refractivity contribution in [1.82, 2.24) is 0 Å². The van der Waals surface area contributed by atoms with E-state index in [-0.39, 0.29) is 5.97 Å². The molecular weight excluding hydrogens is 230 g/mol. The lowest BCUT2D eigenvalue weighted by molar-refractivity contribution is 0.0328. The van der Waals surface area contributed by atoms with E-state index < -0.39 is 0 Å². The van der Waals surface area contributed by atoms with Crippen LogP contribution >= 0.6 is 0 Å². The zero-order chi connectivity index (χ0) is 13.0. The predicted octanol–water partition coefficient (Wildman–Crippen LogP) is 2.45. The first-order valence-electron chi connectivity index (χ1n) is 6.29. The van der Waals surface area contributed by atoms with Crippen LogP contribution in [0.2, 0.25) is 0 Å². The molecule has 1 aromatic carbocycles. The SMILES string of the molecule is CCOC(=O)c1cccc(NC2CC(OC)C2)c1. The molecule has 0 amide bonds. The largest absolute Gasteiger partial charge is 0.462 e. The summed E-state index contributed by atoms with van der Waals surface area (Å²) in [6, 6.07) is 7.86. The van der Waals surface area contributed by atoms with Crippen molar-refractivity contribution < 1.29 is 14.3 Å². The lowest BCUT2D eigenvalue weighted by atomic mass is 9.89. The second-order valence-corrected chi connectivity index (χ2v) is 4.47. The summed E-state index contributed by atoms with van der Waals surface area (Å²) in [5.41, 5.74) is 1.55. The summed E-state index contributed by atoms with van der Waals surface area (Å²) in [5, 5.41) is 3.39. The van der Waals surface area contributed by atoms with Gasteiger partial charge in [-0.05, 0) is 38.0 Å². The van der Waals surface area contributed by atoms with Crippen LogP contribution in [0.15, 0.2) is 24.3 Å². The Morgan fingerprint density at radius 2 is 2.22 bits per heavy atom. The number of carbonyl (C=O) groups excluding carboxylic acids is 1. The number of nitrogens with one attached hydrogen (secondary N) is 1. The maximum absolute atomic E-state index is 11.6. The van der Waals surface area contributed by atoms with Gasteiger partial charge < -0.3 is 14.8 Å². The van der Waals surface area contributed by atoms with Crippen molar-refractivity contribution in [3.63, 3.8) is 0 Å². The number of rotatable bonds is 5. The van der Waals surface area contributed by atoms with Gasteiger partial charge in [0.05, 0.1) is 18.3 Å². The van der Waals surface area contributed by atoms with Crippen molar-refractivity contribution in [1.29, 1.82) is 0 Å². The minimum atomic E-state index is -0.274. The number of anilines is 1. The second kappa shape index (κ2) is 5.87. The Balaban J connectivity index is 1.93. The fourth-order valence-electron chi connectivity index (χ4n) is 2.06. The monoisotopic (exact) mass is 249 g/mol. The van der Waals surface area contributed by atoms with E-state index in [4.69, 9.17) is 9.47 Å². The molecule has 1 aliphatic carbocycles. The van der Waals surface area contributed by atoms with Gasteiger partial charge in [0, 0.05) is 18.8 Å². The highest BCUT2D eigenvalue weighted by Gasteiger charge is 2.28. The van der Waals surface area contributed by atoms with E-state index in [9.17, 15) is 4.79 Å². The maximum Gasteiger partial charge on any atom is 0.338 e. The molecular formula is C14H19NO3. The molecule has 18 heavy (non-hydrogen) atoms. The zero-order valence-corrected chi connectivity index (χ0v) is 10.8. The quantitative estimate of drug-likeness (QED) is 0.814. The van der Waals surface area contributed by atoms with Crippen LogP contribution in [-0.2, 0) is 9.47 Å². The van der Waals surface area contributed by atoms with Gasteiger partial charge in [0.2, 0.25) is 0 Å². The Labute approximate surface area is 107 Å². The number of carbonyl (C=O) groups is 1. The van der Waals surface area contributed by atoms with E-state index >= 15 is 0 Å². The van der Waals surface area contributed by atoms with Gasteiger partial charge in [-0.2, -0.15) is 0 Å². The number of ether oxygens (including phenoxy) is 2. The smallest absolute Gasteiger partial charge is 0.338 e. The minimum Gasteiger partial charge on any atom is -0.462 e. The summed E-state index contributed by atoms with van der Waals surface area (Å²) in [4.78, 5) is 11.6. The topological polar surface area (TPSA) is 47.6 Å². The predicted molar refractivity (Wildman–Crippen MR) is 69.8 cm³/mol. The van der Waals surface area contributed by atoms with Crippen molar-refractivity contribution in [3.05, 3.63) is 29.8 Å². The number of hydrogen-bond acceptors (Lipinski definition) is 4. The first kappa shape index (κ1) is 12.9. The molecule has 0 aliphatic heterocycles. The molecule has 0 atom stereocenters. The highest BCUT2D eigenvalue weighted by Crippen LogP contribution is 2.26. The summed E-state index contributed by atoms with van der Waals surface area (Å²) < 4.78 is 10.2.